The number of hydrogen-bond acceptors (Lipinski definition) is 2. The molecule has 0 atom stereocenters. The van der Waals surface area contributed by atoms with Crippen LogP contribution in [0.3, 0.4) is 0 Å². The van der Waals surface area contributed by atoms with Gasteiger partial charge >= 0.3 is 5.69 Å². The number of nitro benzene ring substituents is 1. The number of rotatable bonds is 2. The third-order valence-electron chi connectivity index (χ3n) is 2.37. The minimum atomic E-state index is -1.21. The molecule has 0 amide bonds. The van der Waals surface area contributed by atoms with Crippen LogP contribution in [0.1, 0.15) is 0 Å². The Kier molecular flexibility index (Phi) is 3.25. The normalized spacial score (nSPS) is 10.4. The molecule has 0 aliphatic carbocycles. The highest BCUT2D eigenvalue weighted by Crippen LogP contribution is 2.30. The van der Waals surface area contributed by atoms with Gasteiger partial charge in [-0.1, -0.05) is 23.7 Å². The van der Waals surface area contributed by atoms with Crippen LogP contribution in [0.2, 0.25) is 5.02 Å². The second-order valence-electron chi connectivity index (χ2n) is 3.55. The Morgan fingerprint density at radius 3 is 2.44 bits per heavy atom. The minimum absolute atomic E-state index is 0.0643. The first-order valence-corrected chi connectivity index (χ1v) is 5.26. The van der Waals surface area contributed by atoms with E-state index in [4.69, 9.17) is 11.6 Å². The molecule has 0 N–H and O–H groups in total. The van der Waals surface area contributed by atoms with Crippen LogP contribution in [0.4, 0.5) is 14.5 Å². The van der Waals surface area contributed by atoms with Crippen molar-refractivity contribution in [3.05, 3.63) is 63.2 Å². The summed E-state index contributed by atoms with van der Waals surface area (Å²) in [6, 6.07) is 7.49. The summed E-state index contributed by atoms with van der Waals surface area (Å²) in [5.74, 6) is -2.08. The molecule has 3 nitrogen and oxygen atoms in total. The van der Waals surface area contributed by atoms with E-state index in [-0.39, 0.29) is 5.56 Å². The molecule has 6 heteroatoms. The van der Waals surface area contributed by atoms with Gasteiger partial charge in [0.1, 0.15) is 5.82 Å². The van der Waals surface area contributed by atoms with Crippen molar-refractivity contribution in [1.82, 2.24) is 0 Å². The topological polar surface area (TPSA) is 43.1 Å². The van der Waals surface area contributed by atoms with Gasteiger partial charge in [-0.3, -0.25) is 10.1 Å². The van der Waals surface area contributed by atoms with E-state index in [2.05, 4.69) is 0 Å². The molecule has 2 aromatic carbocycles. The number of nitro groups is 1. The summed E-state index contributed by atoms with van der Waals surface area (Å²) in [6.45, 7) is 0. The Labute approximate surface area is 106 Å². The highest BCUT2D eigenvalue weighted by Gasteiger charge is 2.19. The van der Waals surface area contributed by atoms with Crippen LogP contribution >= 0.6 is 11.6 Å². The van der Waals surface area contributed by atoms with Crippen molar-refractivity contribution in [2.45, 2.75) is 0 Å². The quantitative estimate of drug-likeness (QED) is 0.606. The van der Waals surface area contributed by atoms with Gasteiger partial charge in [-0.25, -0.2) is 4.39 Å². The van der Waals surface area contributed by atoms with Crippen LogP contribution in [0, 0.1) is 21.7 Å². The lowest BCUT2D eigenvalue weighted by atomic mass is 10.0. The molecular formula is C12H6ClF2NO2. The zero-order valence-corrected chi connectivity index (χ0v) is 9.62. The summed E-state index contributed by atoms with van der Waals surface area (Å²) in [4.78, 5) is 9.70. The largest absolute Gasteiger partial charge is 0.305 e. The molecule has 0 bridgehead atoms. The highest BCUT2D eigenvalue weighted by molar-refractivity contribution is 6.30. The molecule has 0 saturated heterocycles. The summed E-state index contributed by atoms with van der Waals surface area (Å²) in [6.07, 6.45) is 0. The van der Waals surface area contributed by atoms with Crippen LogP contribution in [0.15, 0.2) is 36.4 Å². The molecule has 0 aliphatic rings. The van der Waals surface area contributed by atoms with Crippen LogP contribution in [-0.4, -0.2) is 4.92 Å². The lowest BCUT2D eigenvalue weighted by molar-refractivity contribution is -0.387. The predicted molar refractivity (Wildman–Crippen MR) is 63.5 cm³/mol. The van der Waals surface area contributed by atoms with E-state index in [9.17, 15) is 18.9 Å². The molecule has 0 unspecified atom stereocenters. The SMILES string of the molecule is O=[N+]([O-])c1cc(-c2cccc(Cl)c2)c(F)cc1F. The van der Waals surface area contributed by atoms with E-state index in [1.807, 2.05) is 0 Å². The molecule has 18 heavy (non-hydrogen) atoms. The smallest absolute Gasteiger partial charge is 0.258 e. The standard InChI is InChI=1S/C12H6ClF2NO2/c13-8-3-1-2-7(4-8)9-5-12(16(17)18)11(15)6-10(9)14/h1-6H. The second kappa shape index (κ2) is 4.70. The Bertz CT molecular complexity index is 631. The van der Waals surface area contributed by atoms with Gasteiger partial charge in [-0.05, 0) is 17.7 Å². The van der Waals surface area contributed by atoms with Crippen LogP contribution < -0.4 is 0 Å². The van der Waals surface area contributed by atoms with E-state index in [0.717, 1.165) is 6.07 Å². The molecule has 2 rings (SSSR count). The van der Waals surface area contributed by atoms with Crippen molar-refractivity contribution in [2.75, 3.05) is 0 Å². The van der Waals surface area contributed by atoms with Crippen molar-refractivity contribution in [3.8, 4) is 11.1 Å². The Balaban J connectivity index is 2.64. The maximum absolute atomic E-state index is 13.6. The van der Waals surface area contributed by atoms with Gasteiger partial charge in [0.05, 0.1) is 4.92 Å². The Morgan fingerprint density at radius 2 is 1.83 bits per heavy atom. The first kappa shape index (κ1) is 12.4. The van der Waals surface area contributed by atoms with Gasteiger partial charge in [0, 0.05) is 22.7 Å². The molecule has 0 aliphatic heterocycles. The van der Waals surface area contributed by atoms with Gasteiger partial charge < -0.3 is 0 Å². The molecule has 2 aromatic rings. The molecule has 0 saturated carbocycles. The number of halogens is 3. The molecule has 0 spiro atoms. The van der Waals surface area contributed by atoms with E-state index >= 15 is 0 Å². The fourth-order valence-electron chi connectivity index (χ4n) is 1.55. The maximum atomic E-state index is 13.6. The zero-order chi connectivity index (χ0) is 13.3. The summed E-state index contributed by atoms with van der Waals surface area (Å²) in [5.41, 5.74) is -0.486. The van der Waals surface area contributed by atoms with Crippen molar-refractivity contribution in [3.63, 3.8) is 0 Å². The molecule has 0 heterocycles. The monoisotopic (exact) mass is 269 g/mol. The average Bonchev–Trinajstić information content (AvgIpc) is 2.28. The summed E-state index contributed by atoms with van der Waals surface area (Å²) in [5, 5.41) is 11.0. The van der Waals surface area contributed by atoms with Crippen LogP contribution in [0.25, 0.3) is 11.1 Å². The third-order valence-corrected chi connectivity index (χ3v) is 2.60. The van der Waals surface area contributed by atoms with Gasteiger partial charge in [0.2, 0.25) is 5.82 Å². The first-order valence-electron chi connectivity index (χ1n) is 4.88. The molecule has 0 radical (unpaired) electrons. The van der Waals surface area contributed by atoms with E-state index in [0.29, 0.717) is 16.7 Å². The predicted octanol–water partition coefficient (Wildman–Crippen LogP) is 4.19. The fraction of sp³-hybridized carbons (Fsp3) is 0. The van der Waals surface area contributed by atoms with Gasteiger partial charge in [-0.15, -0.1) is 0 Å². The minimum Gasteiger partial charge on any atom is -0.258 e. The van der Waals surface area contributed by atoms with Crippen molar-refractivity contribution in [2.24, 2.45) is 0 Å². The Hall–Kier alpha value is -2.01. The van der Waals surface area contributed by atoms with Crippen molar-refractivity contribution < 1.29 is 13.7 Å². The highest BCUT2D eigenvalue weighted by atomic mass is 35.5. The molecular weight excluding hydrogens is 264 g/mol. The lowest BCUT2D eigenvalue weighted by Gasteiger charge is -2.04. The summed E-state index contributed by atoms with van der Waals surface area (Å²) < 4.78 is 26.8. The molecule has 0 fully saturated rings. The van der Waals surface area contributed by atoms with Crippen molar-refractivity contribution in [1.29, 1.82) is 0 Å². The van der Waals surface area contributed by atoms with Crippen LogP contribution in [-0.2, 0) is 0 Å². The van der Waals surface area contributed by atoms with E-state index in [1.165, 1.54) is 12.1 Å². The van der Waals surface area contributed by atoms with Gasteiger partial charge in [-0.2, -0.15) is 4.39 Å². The number of hydrogen-bond donors (Lipinski definition) is 0. The maximum Gasteiger partial charge on any atom is 0.305 e. The zero-order valence-electron chi connectivity index (χ0n) is 8.86. The number of nitrogens with zero attached hydrogens (tertiary/aromatic N) is 1. The van der Waals surface area contributed by atoms with E-state index in [1.54, 1.807) is 12.1 Å². The summed E-state index contributed by atoms with van der Waals surface area (Å²) >= 11 is 5.75. The summed E-state index contributed by atoms with van der Waals surface area (Å²) in [7, 11) is 0. The van der Waals surface area contributed by atoms with Crippen LogP contribution in [0.5, 0.6) is 0 Å². The molecule has 92 valence electrons. The lowest BCUT2D eigenvalue weighted by Crippen LogP contribution is -1.95. The Morgan fingerprint density at radius 1 is 1.11 bits per heavy atom. The molecule has 0 aromatic heterocycles. The number of benzene rings is 2. The van der Waals surface area contributed by atoms with Gasteiger partial charge in [0.25, 0.3) is 0 Å². The first-order chi connectivity index (χ1) is 8.49. The average molecular weight is 270 g/mol. The van der Waals surface area contributed by atoms with Gasteiger partial charge in [0.15, 0.2) is 0 Å². The third kappa shape index (κ3) is 2.31. The fourth-order valence-corrected chi connectivity index (χ4v) is 1.74. The second-order valence-corrected chi connectivity index (χ2v) is 3.99. The van der Waals surface area contributed by atoms with Crippen molar-refractivity contribution >= 4 is 17.3 Å². The van der Waals surface area contributed by atoms with E-state index < -0.39 is 22.2 Å².